The van der Waals surface area contributed by atoms with Crippen LogP contribution in [0, 0.1) is 16.0 Å². The van der Waals surface area contributed by atoms with Crippen molar-refractivity contribution in [2.45, 2.75) is 19.8 Å². The minimum Gasteiger partial charge on any atom is -0.379 e. The molecule has 9 nitrogen and oxygen atoms in total. The molecule has 1 aliphatic rings. The highest BCUT2D eigenvalue weighted by atomic mass is 32.1. The van der Waals surface area contributed by atoms with Gasteiger partial charge in [0.1, 0.15) is 5.69 Å². The summed E-state index contributed by atoms with van der Waals surface area (Å²) in [7, 11) is 0. The molecule has 0 saturated carbocycles. The van der Waals surface area contributed by atoms with E-state index in [0.29, 0.717) is 42.9 Å². The SMILES string of the molecule is CC1CC(=O)NN=C1c1ccc(NCCCNC(N)=S)c([N+](=O)[O-])c1. The Morgan fingerprint density at radius 3 is 2.92 bits per heavy atom. The molecule has 0 aliphatic carbocycles. The number of nitrogens with zero attached hydrogens (tertiary/aromatic N) is 2. The number of nitro benzene ring substituents is 1. The molecule has 5 N–H and O–H groups in total. The van der Waals surface area contributed by atoms with Crippen LogP contribution >= 0.6 is 12.2 Å². The van der Waals surface area contributed by atoms with Crippen molar-refractivity contribution in [3.05, 3.63) is 33.9 Å². The minimum atomic E-state index is -0.439. The van der Waals surface area contributed by atoms with Crippen molar-refractivity contribution in [1.82, 2.24) is 10.7 Å². The van der Waals surface area contributed by atoms with Crippen molar-refractivity contribution in [2.75, 3.05) is 18.4 Å². The lowest BCUT2D eigenvalue weighted by Crippen LogP contribution is -2.32. The highest BCUT2D eigenvalue weighted by molar-refractivity contribution is 7.80. The van der Waals surface area contributed by atoms with Crippen LogP contribution in [0.25, 0.3) is 0 Å². The van der Waals surface area contributed by atoms with Gasteiger partial charge in [-0.3, -0.25) is 14.9 Å². The van der Waals surface area contributed by atoms with E-state index >= 15 is 0 Å². The molecular weight excluding hydrogens is 344 g/mol. The number of anilines is 1. The van der Waals surface area contributed by atoms with Crippen LogP contribution in [0.3, 0.4) is 0 Å². The first-order valence-electron chi connectivity index (χ1n) is 7.81. The van der Waals surface area contributed by atoms with Gasteiger partial charge in [-0.1, -0.05) is 13.0 Å². The summed E-state index contributed by atoms with van der Waals surface area (Å²) in [5.74, 6) is -0.257. The van der Waals surface area contributed by atoms with E-state index in [1.165, 1.54) is 6.07 Å². The Bertz CT molecular complexity index is 721. The summed E-state index contributed by atoms with van der Waals surface area (Å²) in [5, 5.41) is 21.5. The number of amides is 1. The zero-order valence-electron chi connectivity index (χ0n) is 13.7. The van der Waals surface area contributed by atoms with Crippen molar-refractivity contribution < 1.29 is 9.72 Å². The van der Waals surface area contributed by atoms with E-state index < -0.39 is 4.92 Å². The molecule has 134 valence electrons. The Balaban J connectivity index is 2.11. The van der Waals surface area contributed by atoms with E-state index in [0.717, 1.165) is 0 Å². The van der Waals surface area contributed by atoms with Crippen LogP contribution < -0.4 is 21.8 Å². The highest BCUT2D eigenvalue weighted by Crippen LogP contribution is 2.28. The second kappa shape index (κ2) is 8.38. The number of hydrogen-bond donors (Lipinski definition) is 4. The quantitative estimate of drug-likeness (QED) is 0.246. The van der Waals surface area contributed by atoms with Gasteiger partial charge in [0.05, 0.1) is 10.6 Å². The summed E-state index contributed by atoms with van der Waals surface area (Å²) >= 11 is 4.71. The number of carbonyl (C=O) groups excluding carboxylic acids is 1. The smallest absolute Gasteiger partial charge is 0.292 e. The predicted molar refractivity (Wildman–Crippen MR) is 99.5 cm³/mol. The van der Waals surface area contributed by atoms with Crippen LogP contribution in [0.2, 0.25) is 0 Å². The van der Waals surface area contributed by atoms with Gasteiger partial charge in [-0.05, 0) is 24.7 Å². The van der Waals surface area contributed by atoms with E-state index in [1.54, 1.807) is 12.1 Å². The van der Waals surface area contributed by atoms with Crippen LogP contribution in [0.4, 0.5) is 11.4 Å². The molecule has 1 unspecified atom stereocenters. The van der Waals surface area contributed by atoms with E-state index in [2.05, 4.69) is 21.2 Å². The van der Waals surface area contributed by atoms with Gasteiger partial charge < -0.3 is 16.4 Å². The third-order valence-corrected chi connectivity index (χ3v) is 3.86. The second-order valence-corrected chi connectivity index (χ2v) is 6.14. The zero-order valence-corrected chi connectivity index (χ0v) is 14.6. The lowest BCUT2D eigenvalue weighted by atomic mass is 9.93. The second-order valence-electron chi connectivity index (χ2n) is 5.70. The number of nitro groups is 1. The van der Waals surface area contributed by atoms with Crippen LogP contribution in [0.15, 0.2) is 23.3 Å². The number of rotatable bonds is 7. The van der Waals surface area contributed by atoms with Crippen LogP contribution in [0.5, 0.6) is 0 Å². The van der Waals surface area contributed by atoms with Gasteiger partial charge in [-0.2, -0.15) is 5.10 Å². The van der Waals surface area contributed by atoms with Gasteiger partial charge in [0, 0.05) is 37.1 Å². The number of hydrazone groups is 1. The topological polar surface area (TPSA) is 135 Å². The van der Waals surface area contributed by atoms with Gasteiger partial charge in [0.25, 0.3) is 5.69 Å². The standard InChI is InChI=1S/C15H20N6O3S/c1-9-7-13(22)19-20-14(9)10-3-4-11(12(8-10)21(23)24)17-5-2-6-18-15(16)25/h3-4,8-9,17H,2,5-7H2,1H3,(H,19,22)(H3,16,18,25). The van der Waals surface area contributed by atoms with Crippen LogP contribution in [-0.2, 0) is 4.79 Å². The van der Waals surface area contributed by atoms with Gasteiger partial charge in [-0.15, -0.1) is 0 Å². The summed E-state index contributed by atoms with van der Waals surface area (Å²) in [6, 6.07) is 4.89. The Morgan fingerprint density at radius 1 is 1.52 bits per heavy atom. The third-order valence-electron chi connectivity index (χ3n) is 3.72. The van der Waals surface area contributed by atoms with Crippen molar-refractivity contribution in [1.29, 1.82) is 0 Å². The molecule has 0 saturated heterocycles. The molecule has 0 spiro atoms. The van der Waals surface area contributed by atoms with Crippen molar-refractivity contribution >= 4 is 40.3 Å². The minimum absolute atomic E-state index is 0.0356. The Kier molecular flexibility index (Phi) is 6.23. The molecule has 1 amide bonds. The Morgan fingerprint density at radius 2 is 2.28 bits per heavy atom. The monoisotopic (exact) mass is 364 g/mol. The third kappa shape index (κ3) is 5.11. The lowest BCUT2D eigenvalue weighted by Gasteiger charge is -2.19. The van der Waals surface area contributed by atoms with Crippen LogP contribution in [-0.4, -0.2) is 34.7 Å². The molecule has 1 aromatic rings. The van der Waals surface area contributed by atoms with Crippen molar-refractivity contribution in [2.24, 2.45) is 16.8 Å². The number of nitrogens with one attached hydrogen (secondary N) is 3. The van der Waals surface area contributed by atoms with Gasteiger partial charge in [-0.25, -0.2) is 5.43 Å². The van der Waals surface area contributed by atoms with E-state index in [-0.39, 0.29) is 22.6 Å². The Hall–Kier alpha value is -2.75. The van der Waals surface area contributed by atoms with Crippen molar-refractivity contribution in [3.8, 4) is 0 Å². The fraction of sp³-hybridized carbons (Fsp3) is 0.400. The molecule has 1 atom stereocenters. The summed E-state index contributed by atoms with van der Waals surface area (Å²) in [4.78, 5) is 22.3. The zero-order chi connectivity index (χ0) is 18.4. The maximum atomic E-state index is 11.4. The van der Waals surface area contributed by atoms with Crippen molar-refractivity contribution in [3.63, 3.8) is 0 Å². The van der Waals surface area contributed by atoms with Gasteiger partial charge >= 0.3 is 0 Å². The fourth-order valence-corrected chi connectivity index (χ4v) is 2.62. The highest BCUT2D eigenvalue weighted by Gasteiger charge is 2.24. The number of hydrogen-bond acceptors (Lipinski definition) is 6. The van der Waals surface area contributed by atoms with Gasteiger partial charge in [0.2, 0.25) is 5.91 Å². The van der Waals surface area contributed by atoms with E-state index in [4.69, 9.17) is 18.0 Å². The van der Waals surface area contributed by atoms with E-state index in [1.807, 2.05) is 6.92 Å². The molecule has 0 aromatic heterocycles. The maximum absolute atomic E-state index is 11.4. The molecule has 0 bridgehead atoms. The average molecular weight is 364 g/mol. The lowest BCUT2D eigenvalue weighted by molar-refractivity contribution is -0.384. The predicted octanol–water partition coefficient (Wildman–Crippen LogP) is 1.09. The summed E-state index contributed by atoms with van der Waals surface area (Å²) in [6.07, 6.45) is 1.01. The number of thiocarbonyl (C=S) groups is 1. The van der Waals surface area contributed by atoms with Gasteiger partial charge in [0.15, 0.2) is 5.11 Å². The summed E-state index contributed by atoms with van der Waals surface area (Å²) in [6.45, 7) is 2.98. The molecule has 1 aromatic carbocycles. The average Bonchev–Trinajstić information content (AvgIpc) is 2.54. The molecule has 0 radical (unpaired) electrons. The molecule has 2 rings (SSSR count). The number of carbonyl (C=O) groups is 1. The first-order chi connectivity index (χ1) is 11.9. The van der Waals surface area contributed by atoms with Crippen LogP contribution in [0.1, 0.15) is 25.3 Å². The molecule has 1 heterocycles. The Labute approximate surface area is 150 Å². The number of benzene rings is 1. The molecule has 10 heteroatoms. The summed E-state index contributed by atoms with van der Waals surface area (Å²) < 4.78 is 0. The maximum Gasteiger partial charge on any atom is 0.292 e. The first-order valence-corrected chi connectivity index (χ1v) is 8.21. The number of nitrogens with two attached hydrogens (primary N) is 1. The summed E-state index contributed by atoms with van der Waals surface area (Å²) in [5.41, 5.74) is 9.40. The largest absolute Gasteiger partial charge is 0.379 e. The molecule has 0 fully saturated rings. The molecule has 25 heavy (non-hydrogen) atoms. The van der Waals surface area contributed by atoms with E-state index in [9.17, 15) is 14.9 Å². The molecule has 1 aliphatic heterocycles. The molecular formula is C15H20N6O3S. The fourth-order valence-electron chi connectivity index (χ4n) is 2.52. The first kappa shape index (κ1) is 18.6. The normalized spacial score (nSPS) is 16.6.